The van der Waals surface area contributed by atoms with Crippen molar-refractivity contribution < 1.29 is 0 Å². The van der Waals surface area contributed by atoms with Gasteiger partial charge >= 0.3 is 5.69 Å². The lowest BCUT2D eigenvalue weighted by Gasteiger charge is -2.29. The van der Waals surface area contributed by atoms with E-state index < -0.39 is 0 Å². The second-order valence-electron chi connectivity index (χ2n) is 5.52. The number of anilines is 1. The molecule has 0 spiro atoms. The van der Waals surface area contributed by atoms with Gasteiger partial charge in [0.25, 0.3) is 5.56 Å². The van der Waals surface area contributed by atoms with Gasteiger partial charge in [-0.1, -0.05) is 0 Å². The Morgan fingerprint density at radius 1 is 1.24 bits per heavy atom. The number of fused-ring (bicyclic) bond motifs is 3. The molecule has 2 aromatic heterocycles. The molecule has 0 amide bonds. The molecule has 1 aliphatic heterocycles. The summed E-state index contributed by atoms with van der Waals surface area (Å²) in [5.74, 6) is 0.724. The molecule has 0 unspecified atom stereocenters. The topological polar surface area (TPSA) is 65.1 Å². The SMILES string of the molecule is C[C@H](Cl)CN1CCCn2c1nc1c2c(=O)n(C)c(=O)n1C. The molecule has 0 radical (unpaired) electrons. The molecular formula is C13H18ClN5O2. The molecule has 21 heavy (non-hydrogen) atoms. The van der Waals surface area contributed by atoms with Crippen LogP contribution >= 0.6 is 11.6 Å². The van der Waals surface area contributed by atoms with E-state index in [1.807, 2.05) is 11.5 Å². The van der Waals surface area contributed by atoms with Crippen LogP contribution in [-0.4, -0.2) is 37.2 Å². The monoisotopic (exact) mass is 311 g/mol. The molecule has 0 fully saturated rings. The molecule has 8 heteroatoms. The third-order valence-corrected chi connectivity index (χ3v) is 4.03. The van der Waals surface area contributed by atoms with Gasteiger partial charge in [-0.2, -0.15) is 4.98 Å². The van der Waals surface area contributed by atoms with Gasteiger partial charge in [-0.25, -0.2) is 4.79 Å². The van der Waals surface area contributed by atoms with E-state index >= 15 is 0 Å². The highest BCUT2D eigenvalue weighted by molar-refractivity contribution is 6.20. The molecule has 0 N–H and O–H groups in total. The summed E-state index contributed by atoms with van der Waals surface area (Å²) in [6.07, 6.45) is 0.925. The Hall–Kier alpha value is -1.76. The molecule has 3 rings (SSSR count). The lowest BCUT2D eigenvalue weighted by Crippen LogP contribution is -2.38. The number of rotatable bonds is 2. The van der Waals surface area contributed by atoms with Gasteiger partial charge in [0.1, 0.15) is 0 Å². The van der Waals surface area contributed by atoms with E-state index in [9.17, 15) is 9.59 Å². The normalized spacial score (nSPS) is 16.3. The summed E-state index contributed by atoms with van der Waals surface area (Å²) in [4.78, 5) is 31.0. The Labute approximate surface area is 126 Å². The summed E-state index contributed by atoms with van der Waals surface area (Å²) in [7, 11) is 3.13. The average Bonchev–Trinajstić information content (AvgIpc) is 2.83. The summed E-state index contributed by atoms with van der Waals surface area (Å²) in [5.41, 5.74) is 0.265. The summed E-state index contributed by atoms with van der Waals surface area (Å²) >= 11 is 6.09. The zero-order valence-corrected chi connectivity index (χ0v) is 13.1. The zero-order valence-electron chi connectivity index (χ0n) is 12.3. The second-order valence-corrected chi connectivity index (χ2v) is 6.27. The van der Waals surface area contributed by atoms with Crippen molar-refractivity contribution >= 4 is 28.7 Å². The van der Waals surface area contributed by atoms with Crippen molar-refractivity contribution in [3.8, 4) is 0 Å². The van der Waals surface area contributed by atoms with Gasteiger partial charge in [0.05, 0.1) is 0 Å². The summed E-state index contributed by atoms with van der Waals surface area (Å²) < 4.78 is 4.45. The highest BCUT2D eigenvalue weighted by Crippen LogP contribution is 2.24. The molecule has 1 aliphatic rings. The van der Waals surface area contributed by atoms with Crippen LogP contribution in [0.3, 0.4) is 0 Å². The minimum absolute atomic E-state index is 0.0111. The van der Waals surface area contributed by atoms with Crippen LogP contribution in [0.25, 0.3) is 11.2 Å². The molecule has 1 atom stereocenters. The standard InChI is InChI=1S/C13H18ClN5O2/c1-8(14)7-18-5-4-6-19-9-10(15-12(18)19)16(2)13(21)17(3)11(9)20/h8H,4-7H2,1-3H3/t8-/m0/s1. The van der Waals surface area contributed by atoms with E-state index in [4.69, 9.17) is 11.6 Å². The van der Waals surface area contributed by atoms with Gasteiger partial charge in [0.2, 0.25) is 5.95 Å². The Balaban J connectivity index is 2.31. The summed E-state index contributed by atoms with van der Waals surface area (Å²) in [5, 5.41) is -0.0111. The summed E-state index contributed by atoms with van der Waals surface area (Å²) in [6.45, 7) is 4.18. The van der Waals surface area contributed by atoms with Gasteiger partial charge in [0, 0.05) is 39.1 Å². The average molecular weight is 312 g/mol. The maximum atomic E-state index is 12.4. The third-order valence-electron chi connectivity index (χ3n) is 3.89. The van der Waals surface area contributed by atoms with Crippen LogP contribution in [0.2, 0.25) is 0 Å². The van der Waals surface area contributed by atoms with E-state index in [0.717, 1.165) is 30.0 Å². The fourth-order valence-corrected chi connectivity index (χ4v) is 3.05. The van der Waals surface area contributed by atoms with Gasteiger partial charge < -0.3 is 9.47 Å². The predicted octanol–water partition coefficient (Wildman–Crippen LogP) is 0.271. The minimum atomic E-state index is -0.361. The molecule has 0 aromatic carbocycles. The highest BCUT2D eigenvalue weighted by Gasteiger charge is 2.25. The molecule has 7 nitrogen and oxygen atoms in total. The van der Waals surface area contributed by atoms with E-state index in [0.29, 0.717) is 17.7 Å². The smallest absolute Gasteiger partial charge is 0.332 e. The van der Waals surface area contributed by atoms with Crippen LogP contribution in [-0.2, 0) is 20.6 Å². The first-order valence-corrected chi connectivity index (χ1v) is 7.40. The Kier molecular flexibility index (Phi) is 3.32. The fraction of sp³-hybridized carbons (Fsp3) is 0.615. The maximum Gasteiger partial charge on any atom is 0.332 e. The first kappa shape index (κ1) is 14.2. The zero-order chi connectivity index (χ0) is 15.3. The molecule has 114 valence electrons. The minimum Gasteiger partial charge on any atom is -0.341 e. The van der Waals surface area contributed by atoms with Crippen LogP contribution in [0, 0.1) is 0 Å². The predicted molar refractivity (Wildman–Crippen MR) is 82.4 cm³/mol. The van der Waals surface area contributed by atoms with Crippen molar-refractivity contribution in [3.05, 3.63) is 20.8 Å². The molecular weight excluding hydrogens is 294 g/mol. The van der Waals surface area contributed by atoms with Crippen LogP contribution in [0.5, 0.6) is 0 Å². The van der Waals surface area contributed by atoms with Gasteiger partial charge in [-0.3, -0.25) is 13.9 Å². The van der Waals surface area contributed by atoms with Crippen molar-refractivity contribution in [2.75, 3.05) is 18.0 Å². The molecule has 3 heterocycles. The third kappa shape index (κ3) is 2.07. The first-order valence-electron chi connectivity index (χ1n) is 6.97. The van der Waals surface area contributed by atoms with Crippen molar-refractivity contribution in [2.45, 2.75) is 25.3 Å². The molecule has 0 saturated heterocycles. The number of halogens is 1. The van der Waals surface area contributed by atoms with Crippen LogP contribution in [0.1, 0.15) is 13.3 Å². The molecule has 0 bridgehead atoms. The second kappa shape index (κ2) is 4.91. The van der Waals surface area contributed by atoms with Gasteiger partial charge in [-0.15, -0.1) is 11.6 Å². The molecule has 0 aliphatic carbocycles. The van der Waals surface area contributed by atoms with Crippen molar-refractivity contribution in [1.82, 2.24) is 18.7 Å². The van der Waals surface area contributed by atoms with E-state index in [-0.39, 0.29) is 16.6 Å². The molecule has 0 saturated carbocycles. The molecule has 2 aromatic rings. The van der Waals surface area contributed by atoms with Crippen LogP contribution in [0.15, 0.2) is 9.59 Å². The van der Waals surface area contributed by atoms with Crippen LogP contribution in [0.4, 0.5) is 5.95 Å². The Bertz CT molecular complexity index is 817. The fourth-order valence-electron chi connectivity index (χ4n) is 2.88. The number of hydrogen-bond donors (Lipinski definition) is 0. The lowest BCUT2D eigenvalue weighted by atomic mass is 10.3. The van der Waals surface area contributed by atoms with Gasteiger partial charge in [0.15, 0.2) is 11.2 Å². The quantitative estimate of drug-likeness (QED) is 0.747. The Morgan fingerprint density at radius 3 is 2.62 bits per heavy atom. The maximum absolute atomic E-state index is 12.4. The van der Waals surface area contributed by atoms with E-state index in [1.54, 1.807) is 7.05 Å². The number of aryl methyl sites for hydroxylation is 2. The first-order chi connectivity index (χ1) is 9.91. The van der Waals surface area contributed by atoms with Crippen LogP contribution < -0.4 is 16.1 Å². The van der Waals surface area contributed by atoms with E-state index in [1.165, 1.54) is 11.6 Å². The number of aromatic nitrogens is 4. The van der Waals surface area contributed by atoms with E-state index in [2.05, 4.69) is 9.88 Å². The number of alkyl halides is 1. The van der Waals surface area contributed by atoms with Crippen molar-refractivity contribution in [2.24, 2.45) is 14.1 Å². The van der Waals surface area contributed by atoms with Crippen molar-refractivity contribution in [3.63, 3.8) is 0 Å². The number of hydrogen-bond acceptors (Lipinski definition) is 4. The Morgan fingerprint density at radius 2 is 1.95 bits per heavy atom. The number of imidazole rings is 1. The number of nitrogens with zero attached hydrogens (tertiary/aromatic N) is 5. The summed E-state index contributed by atoms with van der Waals surface area (Å²) in [6, 6.07) is 0. The highest BCUT2D eigenvalue weighted by atomic mass is 35.5. The lowest BCUT2D eigenvalue weighted by molar-refractivity contribution is 0.562. The largest absolute Gasteiger partial charge is 0.341 e. The van der Waals surface area contributed by atoms with Crippen molar-refractivity contribution in [1.29, 1.82) is 0 Å². The van der Waals surface area contributed by atoms with Gasteiger partial charge in [-0.05, 0) is 13.3 Å².